The average molecular weight is 626 g/mol. The molecule has 0 atom stereocenters. The van der Waals surface area contributed by atoms with Crippen molar-refractivity contribution in [2.45, 2.75) is 0 Å². The number of halogens is 4. The first kappa shape index (κ1) is 28.6. The first-order valence-corrected chi connectivity index (χ1v) is 15.3. The molecule has 0 unspecified atom stereocenters. The molecular formula is C34H22Cl2F2N2Ni. The fourth-order valence-electron chi connectivity index (χ4n) is 4.58. The molecule has 0 bridgehead atoms. The van der Waals surface area contributed by atoms with E-state index in [1.807, 2.05) is 84.9 Å². The molecular weight excluding hydrogens is 604 g/mol. The van der Waals surface area contributed by atoms with Gasteiger partial charge in [-0.05, 0) is 71.4 Å². The minimum absolute atomic E-state index is 0.340. The first-order valence-electron chi connectivity index (χ1n) is 12.5. The van der Waals surface area contributed by atoms with Crippen molar-refractivity contribution in [1.82, 2.24) is 0 Å². The normalized spacial score (nSPS) is 11.9. The summed E-state index contributed by atoms with van der Waals surface area (Å²) in [6.45, 7) is 0. The molecule has 0 spiro atoms. The molecule has 0 radical (unpaired) electrons. The second-order valence-electron chi connectivity index (χ2n) is 8.98. The third kappa shape index (κ3) is 6.89. The van der Waals surface area contributed by atoms with Crippen molar-refractivity contribution >= 4 is 64.7 Å². The molecule has 41 heavy (non-hydrogen) atoms. The molecule has 0 aromatic heterocycles. The monoisotopic (exact) mass is 624 g/mol. The average Bonchev–Trinajstić information content (AvgIpc) is 3.00. The number of rotatable bonds is 5. The van der Waals surface area contributed by atoms with E-state index < -0.39 is 0 Å². The van der Waals surface area contributed by atoms with E-state index in [-0.39, 0.29) is 11.6 Å². The third-order valence-electron chi connectivity index (χ3n) is 6.46. The zero-order chi connectivity index (χ0) is 28.6. The minimum atomic E-state index is -0.340. The molecule has 0 aliphatic heterocycles. The van der Waals surface area contributed by atoms with Crippen LogP contribution in [0.2, 0.25) is 0 Å². The summed E-state index contributed by atoms with van der Waals surface area (Å²) in [5.41, 5.74) is 4.03. The van der Waals surface area contributed by atoms with Gasteiger partial charge in [-0.1, -0.05) is 72.8 Å². The first-order chi connectivity index (χ1) is 20.1. The van der Waals surface area contributed by atoms with Gasteiger partial charge in [-0.25, -0.2) is 18.8 Å². The summed E-state index contributed by atoms with van der Waals surface area (Å²) in [6, 6.07) is 40.4. The number of nitrogens with zero attached hydrogens (tertiary/aromatic N) is 2. The van der Waals surface area contributed by atoms with E-state index in [2.05, 4.69) is 0 Å². The van der Waals surface area contributed by atoms with Gasteiger partial charge in [0.2, 0.25) is 0 Å². The Morgan fingerprint density at radius 2 is 0.805 bits per heavy atom. The van der Waals surface area contributed by atoms with Gasteiger partial charge in [0.15, 0.2) is 0 Å². The predicted molar refractivity (Wildman–Crippen MR) is 165 cm³/mol. The van der Waals surface area contributed by atoms with Crippen molar-refractivity contribution < 1.29 is 21.4 Å². The van der Waals surface area contributed by atoms with Crippen LogP contribution in [0.4, 0.5) is 20.2 Å². The summed E-state index contributed by atoms with van der Waals surface area (Å²) in [4.78, 5) is 10.3. The van der Waals surface area contributed by atoms with Crippen LogP contribution >= 0.6 is 20.4 Å². The zero-order valence-corrected chi connectivity index (χ0v) is 23.9. The van der Waals surface area contributed by atoms with Gasteiger partial charge in [0.25, 0.3) is 0 Å². The zero-order valence-electron chi connectivity index (χ0n) is 21.4. The quantitative estimate of drug-likeness (QED) is 0.134. The summed E-state index contributed by atoms with van der Waals surface area (Å²) in [5, 5.41) is 4.08. The van der Waals surface area contributed by atoms with Crippen molar-refractivity contribution in [2.75, 3.05) is 0 Å². The molecule has 6 aromatic rings. The van der Waals surface area contributed by atoms with Crippen LogP contribution in [0.15, 0.2) is 143 Å². The van der Waals surface area contributed by atoms with Crippen molar-refractivity contribution in [3.63, 3.8) is 0 Å². The molecule has 0 aliphatic rings. The molecule has 0 saturated carbocycles. The molecule has 7 heteroatoms. The van der Waals surface area contributed by atoms with Gasteiger partial charge in [-0.3, -0.25) is 0 Å². The van der Waals surface area contributed by atoms with E-state index in [9.17, 15) is 8.78 Å². The molecule has 0 heterocycles. The Hall–Kier alpha value is -3.89. The van der Waals surface area contributed by atoms with Gasteiger partial charge in [0.05, 0.1) is 22.8 Å². The Bertz CT molecular complexity index is 1710. The van der Waals surface area contributed by atoms with Crippen LogP contribution < -0.4 is 0 Å². The molecule has 2 nitrogen and oxygen atoms in total. The Morgan fingerprint density at radius 1 is 0.463 bits per heavy atom. The molecule has 0 N–H and O–H groups in total. The number of benzene rings is 6. The second-order valence-corrected chi connectivity index (χ2v) is 10.6. The van der Waals surface area contributed by atoms with Crippen LogP contribution in [0.1, 0.15) is 11.1 Å². The molecule has 206 valence electrons. The van der Waals surface area contributed by atoms with Crippen LogP contribution in [0.3, 0.4) is 0 Å². The van der Waals surface area contributed by atoms with Gasteiger partial charge in [0, 0.05) is 21.9 Å². The van der Waals surface area contributed by atoms with Gasteiger partial charge in [0.1, 0.15) is 11.6 Å². The van der Waals surface area contributed by atoms with Crippen molar-refractivity contribution in [3.8, 4) is 0 Å². The van der Waals surface area contributed by atoms with E-state index in [1.165, 1.54) is 24.3 Å². The Balaban J connectivity index is 0.00000108. The summed E-state index contributed by atoms with van der Waals surface area (Å²) in [7, 11) is 9.40. The summed E-state index contributed by atoms with van der Waals surface area (Å²) < 4.78 is 27.9. The third-order valence-corrected chi connectivity index (χ3v) is 6.46. The van der Waals surface area contributed by atoms with Crippen LogP contribution in [0.25, 0.3) is 21.5 Å². The molecule has 0 saturated heterocycles. The van der Waals surface area contributed by atoms with E-state index in [4.69, 9.17) is 30.4 Å². The predicted octanol–water partition coefficient (Wildman–Crippen LogP) is 10.6. The van der Waals surface area contributed by atoms with Gasteiger partial charge >= 0.3 is 33.0 Å². The Morgan fingerprint density at radius 3 is 1.20 bits per heavy atom. The van der Waals surface area contributed by atoms with Gasteiger partial charge in [-0.2, -0.15) is 0 Å². The number of aliphatic imine (C=N–C) groups is 2. The van der Waals surface area contributed by atoms with E-state index in [1.54, 1.807) is 24.3 Å². The topological polar surface area (TPSA) is 24.7 Å². The molecule has 6 aromatic carbocycles. The molecule has 0 aliphatic carbocycles. The van der Waals surface area contributed by atoms with Crippen LogP contribution in [0.5, 0.6) is 0 Å². The molecule has 0 fully saturated rings. The molecule has 0 amide bonds. The van der Waals surface area contributed by atoms with Crippen molar-refractivity contribution in [1.29, 1.82) is 0 Å². The van der Waals surface area contributed by atoms with Gasteiger partial charge < -0.3 is 0 Å². The van der Waals surface area contributed by atoms with Gasteiger partial charge in [-0.15, -0.1) is 0 Å². The SMILES string of the molecule is Fc1ccc(C(=Nc2cccc3ccccc23)C(=Nc2cccc3ccccc23)c2ccc(F)cc2)cc1.[Cl][Ni][Cl]. The number of hydrogen-bond acceptors (Lipinski definition) is 2. The Kier molecular flexibility index (Phi) is 9.53. The second kappa shape index (κ2) is 13.7. The van der Waals surface area contributed by atoms with E-state index >= 15 is 0 Å². The number of fused-ring (bicyclic) bond motifs is 2. The fraction of sp³-hybridized carbons (Fsp3) is 0. The summed E-state index contributed by atoms with van der Waals surface area (Å²) in [6.07, 6.45) is 0. The fourth-order valence-corrected chi connectivity index (χ4v) is 4.58. The standard InChI is InChI=1S/C34H22F2N2.2ClH.Ni/c35-27-19-15-25(16-20-27)33(37-31-13-5-9-23-7-1-3-11-29(23)31)34(26-17-21-28(36)22-18-26)38-32-14-6-10-24-8-2-4-12-30(24)32;;;/h1-22H;2*1H;/q;;;+2/p-2. The maximum atomic E-state index is 14.0. The van der Waals surface area contributed by atoms with Crippen LogP contribution in [-0.2, 0) is 12.7 Å². The molecule has 6 rings (SSSR count). The Labute approximate surface area is 251 Å². The van der Waals surface area contributed by atoms with Crippen molar-refractivity contribution in [3.05, 3.63) is 156 Å². The number of hydrogen-bond donors (Lipinski definition) is 0. The van der Waals surface area contributed by atoms with Crippen molar-refractivity contribution in [2.24, 2.45) is 9.98 Å². The summed E-state index contributed by atoms with van der Waals surface area (Å²) in [5.74, 6) is -0.680. The summed E-state index contributed by atoms with van der Waals surface area (Å²) >= 11 is 0.569. The van der Waals surface area contributed by atoms with Crippen LogP contribution in [0, 0.1) is 11.6 Å². The van der Waals surface area contributed by atoms with E-state index in [0.29, 0.717) is 35.2 Å². The maximum absolute atomic E-state index is 14.0. The van der Waals surface area contributed by atoms with Crippen LogP contribution in [-0.4, -0.2) is 11.4 Å². The van der Waals surface area contributed by atoms with E-state index in [0.717, 1.165) is 32.9 Å².